The van der Waals surface area contributed by atoms with Gasteiger partial charge in [0.2, 0.25) is 11.8 Å². The number of aryl methyl sites for hydroxylation is 1. The molecule has 0 radical (unpaired) electrons. The lowest BCUT2D eigenvalue weighted by Crippen LogP contribution is -2.51. The first kappa shape index (κ1) is 30.1. The Morgan fingerprint density at radius 1 is 1.00 bits per heavy atom. The standard InChI is InChI=1S/C32H42N2O5/c1-6-20(2)29(36)34-28(32(3,4)5)27(35)19-24(18-21-14-16-23(17-15-21)31(38)39)30(37)33-26-13-9-11-22-10-7-8-12-25(22)26/h7-8,10,12,14-17,20,24,26,28H,6,9,11,13,18-19H2,1-5H3,(H,33,37)(H,34,36)(H,38,39)/t20-,24-,26-,28-/m1/s1. The van der Waals surface area contributed by atoms with Gasteiger partial charge >= 0.3 is 5.97 Å². The summed E-state index contributed by atoms with van der Waals surface area (Å²) in [5, 5.41) is 15.4. The van der Waals surface area contributed by atoms with Gasteiger partial charge in [0, 0.05) is 18.3 Å². The smallest absolute Gasteiger partial charge is 0.335 e. The summed E-state index contributed by atoms with van der Waals surface area (Å²) in [6.45, 7) is 9.48. The molecule has 2 amide bonds. The molecule has 0 bridgehead atoms. The van der Waals surface area contributed by atoms with E-state index >= 15 is 0 Å². The summed E-state index contributed by atoms with van der Waals surface area (Å²) >= 11 is 0. The first-order valence-corrected chi connectivity index (χ1v) is 13.9. The van der Waals surface area contributed by atoms with Gasteiger partial charge in [0.05, 0.1) is 17.6 Å². The predicted molar refractivity (Wildman–Crippen MR) is 151 cm³/mol. The van der Waals surface area contributed by atoms with Crippen LogP contribution in [0.5, 0.6) is 0 Å². The fourth-order valence-electron chi connectivity index (χ4n) is 5.13. The van der Waals surface area contributed by atoms with Crippen molar-refractivity contribution in [2.24, 2.45) is 17.3 Å². The van der Waals surface area contributed by atoms with E-state index in [1.165, 1.54) is 17.7 Å². The van der Waals surface area contributed by atoms with Crippen LogP contribution >= 0.6 is 0 Å². The fourth-order valence-corrected chi connectivity index (χ4v) is 5.13. The third-order valence-electron chi connectivity index (χ3n) is 7.72. The van der Waals surface area contributed by atoms with Crippen LogP contribution in [-0.4, -0.2) is 34.7 Å². The van der Waals surface area contributed by atoms with Crippen molar-refractivity contribution in [2.75, 3.05) is 0 Å². The molecule has 0 heterocycles. The maximum Gasteiger partial charge on any atom is 0.335 e. The summed E-state index contributed by atoms with van der Waals surface area (Å²) in [5.41, 5.74) is 2.74. The Morgan fingerprint density at radius 3 is 2.28 bits per heavy atom. The van der Waals surface area contributed by atoms with Crippen molar-refractivity contribution in [2.45, 2.75) is 85.2 Å². The third-order valence-corrected chi connectivity index (χ3v) is 7.72. The van der Waals surface area contributed by atoms with E-state index in [9.17, 15) is 24.3 Å². The van der Waals surface area contributed by atoms with Crippen LogP contribution < -0.4 is 10.6 Å². The van der Waals surface area contributed by atoms with E-state index < -0.39 is 23.3 Å². The number of ketones is 1. The maximum atomic E-state index is 13.7. The van der Waals surface area contributed by atoms with Crippen LogP contribution in [0, 0.1) is 17.3 Å². The lowest BCUT2D eigenvalue weighted by Gasteiger charge is -2.33. The minimum atomic E-state index is -1.02. The fraction of sp³-hybridized carbons (Fsp3) is 0.500. The number of nitrogens with one attached hydrogen (secondary N) is 2. The Hall–Kier alpha value is -3.48. The van der Waals surface area contributed by atoms with Crippen LogP contribution in [0.4, 0.5) is 0 Å². The van der Waals surface area contributed by atoms with Gasteiger partial charge in [-0.1, -0.05) is 71.0 Å². The van der Waals surface area contributed by atoms with Crippen LogP contribution in [0.15, 0.2) is 48.5 Å². The lowest BCUT2D eigenvalue weighted by atomic mass is 9.80. The SMILES string of the molecule is CC[C@@H](C)C(=O)N[C@H](C(=O)C[C@@H](Cc1ccc(C(=O)O)cc1)C(=O)N[C@@H]1CCCc2ccccc21)C(C)(C)C. The van der Waals surface area contributed by atoms with Gasteiger partial charge in [0.1, 0.15) is 0 Å². The second-order valence-electron chi connectivity index (χ2n) is 11.8. The first-order valence-electron chi connectivity index (χ1n) is 13.9. The van der Waals surface area contributed by atoms with Gasteiger partial charge in [-0.3, -0.25) is 14.4 Å². The van der Waals surface area contributed by atoms with Crippen LogP contribution in [-0.2, 0) is 27.2 Å². The van der Waals surface area contributed by atoms with Gasteiger partial charge in [-0.25, -0.2) is 4.79 Å². The summed E-state index contributed by atoms with van der Waals surface area (Å²) in [7, 11) is 0. The summed E-state index contributed by atoms with van der Waals surface area (Å²) in [6, 6.07) is 13.7. The molecular formula is C32H42N2O5. The zero-order valence-corrected chi connectivity index (χ0v) is 23.8. The van der Waals surface area contributed by atoms with Crippen molar-refractivity contribution < 1.29 is 24.3 Å². The number of carboxylic acid groups (broad SMARTS) is 1. The highest BCUT2D eigenvalue weighted by Gasteiger charge is 2.36. The number of rotatable bonds is 11. The molecule has 0 saturated carbocycles. The van der Waals surface area contributed by atoms with Gasteiger partial charge in [0.25, 0.3) is 0 Å². The van der Waals surface area contributed by atoms with Crippen LogP contribution in [0.2, 0.25) is 0 Å². The van der Waals surface area contributed by atoms with E-state index in [2.05, 4.69) is 16.7 Å². The van der Waals surface area contributed by atoms with Gasteiger partial charge in [0.15, 0.2) is 5.78 Å². The summed E-state index contributed by atoms with van der Waals surface area (Å²) in [4.78, 5) is 51.5. The molecule has 0 aromatic heterocycles. The molecule has 210 valence electrons. The molecule has 0 aliphatic heterocycles. The van der Waals surface area contributed by atoms with E-state index in [4.69, 9.17) is 0 Å². The molecule has 39 heavy (non-hydrogen) atoms. The number of Topliss-reactive ketones (excluding diaryl/α,β-unsaturated/α-hetero) is 1. The number of amides is 2. The van der Waals surface area contributed by atoms with Crippen LogP contribution in [0.1, 0.15) is 93.4 Å². The van der Waals surface area contributed by atoms with E-state index in [0.29, 0.717) is 6.42 Å². The predicted octanol–water partition coefficient (Wildman–Crippen LogP) is 5.27. The van der Waals surface area contributed by atoms with E-state index in [-0.39, 0.29) is 48.0 Å². The highest BCUT2D eigenvalue weighted by Crippen LogP contribution is 2.31. The first-order chi connectivity index (χ1) is 18.4. The zero-order valence-electron chi connectivity index (χ0n) is 23.8. The van der Waals surface area contributed by atoms with E-state index in [1.54, 1.807) is 12.1 Å². The molecule has 7 nitrogen and oxygen atoms in total. The minimum absolute atomic E-state index is 0.0381. The topological polar surface area (TPSA) is 113 Å². The van der Waals surface area contributed by atoms with Crippen LogP contribution in [0.3, 0.4) is 0 Å². The second-order valence-corrected chi connectivity index (χ2v) is 11.8. The highest BCUT2D eigenvalue weighted by atomic mass is 16.4. The molecule has 1 aliphatic carbocycles. The number of hydrogen-bond donors (Lipinski definition) is 3. The quantitative estimate of drug-likeness (QED) is 0.363. The lowest BCUT2D eigenvalue weighted by molar-refractivity contribution is -0.135. The van der Waals surface area contributed by atoms with Crippen LogP contribution in [0.25, 0.3) is 0 Å². The van der Waals surface area contributed by atoms with Crippen molar-refractivity contribution >= 4 is 23.6 Å². The average molecular weight is 535 g/mol. The number of carbonyl (C=O) groups excluding carboxylic acids is 3. The summed E-state index contributed by atoms with van der Waals surface area (Å²) in [5.74, 6) is -2.49. The molecule has 2 aromatic carbocycles. The number of hydrogen-bond acceptors (Lipinski definition) is 4. The van der Waals surface area contributed by atoms with Crippen molar-refractivity contribution in [3.63, 3.8) is 0 Å². The van der Waals surface area contributed by atoms with E-state index in [1.807, 2.05) is 52.8 Å². The monoisotopic (exact) mass is 534 g/mol. The van der Waals surface area contributed by atoms with E-state index in [0.717, 1.165) is 30.4 Å². The molecule has 3 rings (SSSR count). The third kappa shape index (κ3) is 8.01. The molecule has 0 fully saturated rings. The Morgan fingerprint density at radius 2 is 1.67 bits per heavy atom. The van der Waals surface area contributed by atoms with Gasteiger partial charge in [-0.15, -0.1) is 0 Å². The maximum absolute atomic E-state index is 13.7. The molecule has 0 unspecified atom stereocenters. The average Bonchev–Trinajstić information content (AvgIpc) is 2.90. The number of carbonyl (C=O) groups is 4. The molecular weight excluding hydrogens is 492 g/mol. The van der Waals surface area contributed by atoms with Crippen molar-refractivity contribution in [3.05, 3.63) is 70.8 Å². The van der Waals surface area contributed by atoms with Crippen molar-refractivity contribution in [3.8, 4) is 0 Å². The summed E-state index contributed by atoms with van der Waals surface area (Å²) in [6.07, 6.45) is 3.68. The van der Waals surface area contributed by atoms with Crippen molar-refractivity contribution in [1.29, 1.82) is 0 Å². The number of aromatic carboxylic acids is 1. The molecule has 4 atom stereocenters. The van der Waals surface area contributed by atoms with Gasteiger partial charge in [-0.05, 0) is 66.3 Å². The molecule has 0 saturated heterocycles. The Kier molecular flexibility index (Phi) is 10.1. The van der Waals surface area contributed by atoms with Gasteiger partial charge < -0.3 is 15.7 Å². The zero-order chi connectivity index (χ0) is 28.7. The molecule has 0 spiro atoms. The molecule has 7 heteroatoms. The second kappa shape index (κ2) is 13.0. The normalized spacial score (nSPS) is 17.3. The number of carboxylic acids is 1. The molecule has 3 N–H and O–H groups in total. The molecule has 2 aromatic rings. The van der Waals surface area contributed by atoms with Crippen molar-refractivity contribution in [1.82, 2.24) is 10.6 Å². The number of fused-ring (bicyclic) bond motifs is 1. The minimum Gasteiger partial charge on any atom is -0.478 e. The van der Waals surface area contributed by atoms with Gasteiger partial charge in [-0.2, -0.15) is 0 Å². The molecule has 1 aliphatic rings. The largest absolute Gasteiger partial charge is 0.478 e. The summed E-state index contributed by atoms with van der Waals surface area (Å²) < 4.78 is 0. The highest BCUT2D eigenvalue weighted by molar-refractivity contribution is 5.93. The Labute approximate surface area is 231 Å². The Balaban J connectivity index is 1.86. The Bertz CT molecular complexity index is 1180. The number of benzene rings is 2.